The van der Waals surface area contributed by atoms with Crippen molar-refractivity contribution < 1.29 is 14.3 Å². The number of hydrogen-bond donors (Lipinski definition) is 0. The SMILES string of the molecule is CCOC(=O)c1c(-c2ccc3ncc(C#N)n3c2)c(-c2cccc(C)n2)nn1COCC[Si](C)(C)C. The normalized spacial score (nSPS) is 11.6. The molecular formula is C26H30N6O3Si. The average molecular weight is 503 g/mol. The van der Waals surface area contributed by atoms with Gasteiger partial charge in [0.15, 0.2) is 5.69 Å². The topological polar surface area (TPSA) is 107 Å². The van der Waals surface area contributed by atoms with Gasteiger partial charge in [-0.2, -0.15) is 10.4 Å². The molecule has 0 radical (unpaired) electrons. The van der Waals surface area contributed by atoms with Crippen molar-refractivity contribution in [2.24, 2.45) is 0 Å². The molecule has 0 fully saturated rings. The van der Waals surface area contributed by atoms with Gasteiger partial charge < -0.3 is 9.47 Å². The highest BCUT2D eigenvalue weighted by Crippen LogP contribution is 2.35. The summed E-state index contributed by atoms with van der Waals surface area (Å²) in [5.41, 5.74) is 4.55. The molecule has 0 N–H and O–H groups in total. The number of hydrogen-bond acceptors (Lipinski definition) is 7. The molecule has 0 aliphatic heterocycles. The minimum atomic E-state index is -1.28. The number of aryl methyl sites for hydroxylation is 1. The standard InChI is InChI=1S/C26H30N6O3Si/c1-6-35-26(33)25-23(19-10-11-22-28-15-20(14-27)31(22)16-19)24(21-9-7-8-18(2)29-21)30-32(25)17-34-12-13-36(3,4)5/h7-11,15-16H,6,12-13,17H2,1-5H3. The van der Waals surface area contributed by atoms with Gasteiger partial charge in [-0.15, -0.1) is 0 Å². The van der Waals surface area contributed by atoms with E-state index in [0.717, 1.165) is 11.7 Å². The van der Waals surface area contributed by atoms with E-state index in [2.05, 4.69) is 35.7 Å². The second-order valence-corrected chi connectivity index (χ2v) is 15.3. The van der Waals surface area contributed by atoms with E-state index in [9.17, 15) is 10.1 Å². The molecule has 0 bridgehead atoms. The Morgan fingerprint density at radius 3 is 2.69 bits per heavy atom. The van der Waals surface area contributed by atoms with Crippen molar-refractivity contribution in [2.45, 2.75) is 46.3 Å². The first-order valence-corrected chi connectivity index (χ1v) is 15.6. The molecule has 0 aromatic carbocycles. The fraction of sp³-hybridized carbons (Fsp3) is 0.346. The fourth-order valence-electron chi connectivity index (χ4n) is 3.83. The van der Waals surface area contributed by atoms with Gasteiger partial charge in [0.05, 0.1) is 18.5 Å². The van der Waals surface area contributed by atoms with Crippen LogP contribution in [0.1, 0.15) is 28.8 Å². The first-order valence-electron chi connectivity index (χ1n) is 11.9. The molecule has 4 aromatic heterocycles. The Kier molecular flexibility index (Phi) is 7.33. The number of ether oxygens (including phenoxy) is 2. The maximum absolute atomic E-state index is 13.3. The highest BCUT2D eigenvalue weighted by Gasteiger charge is 2.28. The van der Waals surface area contributed by atoms with Gasteiger partial charge in [-0.3, -0.25) is 9.38 Å². The van der Waals surface area contributed by atoms with Crippen molar-refractivity contribution in [3.63, 3.8) is 0 Å². The summed E-state index contributed by atoms with van der Waals surface area (Å²) in [6, 6.07) is 12.5. The maximum atomic E-state index is 13.3. The van der Waals surface area contributed by atoms with E-state index in [4.69, 9.17) is 14.6 Å². The molecule has 0 atom stereocenters. The number of fused-ring (bicyclic) bond motifs is 1. The predicted octanol–water partition coefficient (Wildman–Crippen LogP) is 4.93. The van der Waals surface area contributed by atoms with E-state index < -0.39 is 14.0 Å². The third kappa shape index (κ3) is 5.37. The summed E-state index contributed by atoms with van der Waals surface area (Å²) >= 11 is 0. The lowest BCUT2D eigenvalue weighted by Gasteiger charge is -2.16. The van der Waals surface area contributed by atoms with Crippen molar-refractivity contribution in [1.82, 2.24) is 24.1 Å². The van der Waals surface area contributed by atoms with Crippen molar-refractivity contribution in [1.29, 1.82) is 5.26 Å². The Bertz CT molecular complexity index is 1440. The second kappa shape index (κ2) is 10.4. The summed E-state index contributed by atoms with van der Waals surface area (Å²) in [4.78, 5) is 22.2. The zero-order chi connectivity index (χ0) is 25.9. The van der Waals surface area contributed by atoms with Gasteiger partial charge in [0.2, 0.25) is 0 Å². The molecular weight excluding hydrogens is 472 g/mol. The van der Waals surface area contributed by atoms with Crippen LogP contribution < -0.4 is 0 Å². The third-order valence-corrected chi connectivity index (χ3v) is 7.38. The van der Waals surface area contributed by atoms with Crippen molar-refractivity contribution in [3.05, 3.63) is 59.8 Å². The minimum absolute atomic E-state index is 0.105. The Labute approximate surface area is 211 Å². The van der Waals surface area contributed by atoms with Crippen molar-refractivity contribution in [3.8, 4) is 28.6 Å². The second-order valence-electron chi connectivity index (χ2n) is 9.71. The first-order chi connectivity index (χ1) is 17.2. The molecule has 10 heteroatoms. The number of pyridine rings is 2. The van der Waals surface area contributed by atoms with Crippen LogP contribution in [0.5, 0.6) is 0 Å². The molecule has 4 rings (SSSR count). The zero-order valence-corrected chi connectivity index (χ0v) is 22.3. The number of imidazole rings is 1. The molecule has 0 spiro atoms. The molecule has 0 aliphatic carbocycles. The quantitative estimate of drug-likeness (QED) is 0.181. The molecule has 0 amide bonds. The van der Waals surface area contributed by atoms with Gasteiger partial charge in [0.25, 0.3) is 0 Å². The Balaban J connectivity index is 1.90. The largest absolute Gasteiger partial charge is 0.461 e. The van der Waals surface area contributed by atoms with Gasteiger partial charge in [-0.05, 0) is 44.2 Å². The van der Waals surface area contributed by atoms with E-state index in [1.165, 1.54) is 6.20 Å². The van der Waals surface area contributed by atoms with E-state index in [1.54, 1.807) is 28.3 Å². The lowest BCUT2D eigenvalue weighted by atomic mass is 10.0. The van der Waals surface area contributed by atoms with Crippen LogP contribution in [0.4, 0.5) is 0 Å². The van der Waals surface area contributed by atoms with Crippen LogP contribution in [0.15, 0.2) is 42.7 Å². The molecule has 0 saturated carbocycles. The lowest BCUT2D eigenvalue weighted by molar-refractivity contribution is 0.0457. The molecule has 4 aromatic rings. The summed E-state index contributed by atoms with van der Waals surface area (Å²) in [5, 5.41) is 14.3. The van der Waals surface area contributed by atoms with E-state index in [1.807, 2.05) is 31.2 Å². The minimum Gasteiger partial charge on any atom is -0.461 e. The number of nitriles is 1. The summed E-state index contributed by atoms with van der Waals surface area (Å²) in [6.07, 6.45) is 3.31. The van der Waals surface area contributed by atoms with Crippen LogP contribution in [-0.2, 0) is 16.2 Å². The van der Waals surface area contributed by atoms with E-state index in [0.29, 0.717) is 40.5 Å². The molecule has 9 nitrogen and oxygen atoms in total. The number of rotatable bonds is 9. The molecule has 0 saturated heterocycles. The van der Waals surface area contributed by atoms with Crippen molar-refractivity contribution >= 4 is 19.7 Å². The van der Waals surface area contributed by atoms with Crippen LogP contribution in [0, 0.1) is 18.3 Å². The smallest absolute Gasteiger partial charge is 0.357 e. The summed E-state index contributed by atoms with van der Waals surface area (Å²) < 4.78 is 14.7. The predicted molar refractivity (Wildman–Crippen MR) is 139 cm³/mol. The fourth-order valence-corrected chi connectivity index (χ4v) is 4.59. The van der Waals surface area contributed by atoms with Crippen LogP contribution in [0.2, 0.25) is 25.7 Å². The molecule has 4 heterocycles. The average Bonchev–Trinajstić information content (AvgIpc) is 3.42. The van der Waals surface area contributed by atoms with E-state index >= 15 is 0 Å². The van der Waals surface area contributed by atoms with E-state index in [-0.39, 0.29) is 19.0 Å². The van der Waals surface area contributed by atoms with Gasteiger partial charge in [-0.1, -0.05) is 25.7 Å². The Hall–Kier alpha value is -3.81. The molecule has 0 aliphatic rings. The van der Waals surface area contributed by atoms with Gasteiger partial charge >= 0.3 is 5.97 Å². The number of carbonyl (C=O) groups excluding carboxylic acids is 1. The van der Waals surface area contributed by atoms with Gasteiger partial charge in [0, 0.05) is 37.7 Å². The summed E-state index contributed by atoms with van der Waals surface area (Å²) in [7, 11) is -1.28. The number of nitrogens with zero attached hydrogens (tertiary/aromatic N) is 6. The lowest BCUT2D eigenvalue weighted by Crippen LogP contribution is -2.22. The molecule has 36 heavy (non-hydrogen) atoms. The molecule has 0 unspecified atom stereocenters. The van der Waals surface area contributed by atoms with Crippen LogP contribution in [0.25, 0.3) is 28.2 Å². The number of esters is 1. The highest BCUT2D eigenvalue weighted by atomic mass is 28.3. The highest BCUT2D eigenvalue weighted by molar-refractivity contribution is 6.76. The zero-order valence-electron chi connectivity index (χ0n) is 21.3. The van der Waals surface area contributed by atoms with Crippen LogP contribution in [0.3, 0.4) is 0 Å². The van der Waals surface area contributed by atoms with Crippen LogP contribution in [-0.4, -0.2) is 51.4 Å². The number of aromatic nitrogens is 5. The first kappa shape index (κ1) is 25.3. The summed E-state index contributed by atoms with van der Waals surface area (Å²) in [5.74, 6) is -0.501. The Morgan fingerprint density at radius 2 is 2.00 bits per heavy atom. The summed E-state index contributed by atoms with van der Waals surface area (Å²) in [6.45, 7) is 11.4. The monoisotopic (exact) mass is 502 g/mol. The molecule has 186 valence electrons. The maximum Gasteiger partial charge on any atom is 0.357 e. The van der Waals surface area contributed by atoms with Gasteiger partial charge in [0.1, 0.15) is 29.8 Å². The van der Waals surface area contributed by atoms with Crippen LogP contribution >= 0.6 is 0 Å². The third-order valence-electron chi connectivity index (χ3n) is 5.67. The Morgan fingerprint density at radius 1 is 1.19 bits per heavy atom. The van der Waals surface area contributed by atoms with Crippen molar-refractivity contribution in [2.75, 3.05) is 13.2 Å². The van der Waals surface area contributed by atoms with Gasteiger partial charge in [-0.25, -0.2) is 14.5 Å². The number of carbonyl (C=O) groups is 1.